The Morgan fingerprint density at radius 1 is 0.796 bits per heavy atom. The molecule has 1 aliphatic heterocycles. The summed E-state index contributed by atoms with van der Waals surface area (Å²) in [6, 6.07) is 3.62. The van der Waals surface area contributed by atoms with Gasteiger partial charge in [-0.25, -0.2) is 0 Å². The van der Waals surface area contributed by atoms with E-state index in [1.807, 2.05) is 0 Å². The molecule has 1 aromatic carbocycles. The first-order chi connectivity index (χ1) is 25.9. The molecule has 1 unspecified atom stereocenters. The van der Waals surface area contributed by atoms with Gasteiger partial charge in [0.2, 0.25) is 47.1 Å². The zero-order valence-electron chi connectivity index (χ0n) is 30.8. The van der Waals surface area contributed by atoms with Crippen LogP contribution in [0.2, 0.25) is 0 Å². The van der Waals surface area contributed by atoms with Crippen LogP contribution < -0.4 is 43.0 Å². The maximum absolute atomic E-state index is 13.8. The number of nitrogens with two attached hydrogens (primary N) is 1. The number of rotatable bonds is 12. The number of hydrogen-bond donors (Lipinski definition) is 8. The lowest BCUT2D eigenvalue weighted by Gasteiger charge is -2.31. The van der Waals surface area contributed by atoms with Crippen LogP contribution in [0.4, 0.5) is 0 Å². The van der Waals surface area contributed by atoms with Gasteiger partial charge in [0.15, 0.2) is 0 Å². The van der Waals surface area contributed by atoms with E-state index in [0.29, 0.717) is 50.6 Å². The van der Waals surface area contributed by atoms with Crippen molar-refractivity contribution in [3.63, 3.8) is 0 Å². The lowest BCUT2D eigenvalue weighted by atomic mass is 9.83. The Morgan fingerprint density at radius 2 is 1.46 bits per heavy atom. The summed E-state index contributed by atoms with van der Waals surface area (Å²) in [5.74, 6) is -6.52. The van der Waals surface area contributed by atoms with E-state index in [0.717, 1.165) is 19.3 Å². The lowest BCUT2D eigenvalue weighted by molar-refractivity contribution is -0.141. The Balaban J connectivity index is 1.72. The largest absolute Gasteiger partial charge is 0.368 e. The van der Waals surface area contributed by atoms with Crippen molar-refractivity contribution in [3.05, 3.63) is 35.9 Å². The molecule has 3 rings (SSSR count). The topological polar surface area (TPSA) is 264 Å². The summed E-state index contributed by atoms with van der Waals surface area (Å²) >= 11 is 0. The Bertz CT molecular complexity index is 1500. The van der Waals surface area contributed by atoms with Crippen molar-refractivity contribution in [2.45, 2.75) is 115 Å². The van der Waals surface area contributed by atoms with Gasteiger partial charge in [0, 0.05) is 19.4 Å². The Morgan fingerprint density at radius 3 is 2.13 bits per heavy atom. The lowest BCUT2D eigenvalue weighted by Crippen LogP contribution is -2.59. The van der Waals surface area contributed by atoms with Crippen molar-refractivity contribution < 1.29 is 43.2 Å². The molecule has 1 aromatic rings. The zero-order valence-corrected chi connectivity index (χ0v) is 30.8. The highest BCUT2D eigenvalue weighted by Crippen LogP contribution is 2.27. The molecule has 2 aliphatic rings. The van der Waals surface area contributed by atoms with Crippen molar-refractivity contribution >= 4 is 53.0 Å². The van der Waals surface area contributed by atoms with Gasteiger partial charge in [0.1, 0.15) is 18.1 Å². The van der Waals surface area contributed by atoms with Gasteiger partial charge in [-0.2, -0.15) is 0 Å². The third-order valence-corrected chi connectivity index (χ3v) is 9.42. The summed E-state index contributed by atoms with van der Waals surface area (Å²) < 4.78 is 0. The molecule has 17 heteroatoms. The zero-order chi connectivity index (χ0) is 39.5. The van der Waals surface area contributed by atoms with E-state index in [4.69, 9.17) is 5.73 Å². The van der Waals surface area contributed by atoms with Crippen molar-refractivity contribution in [1.29, 1.82) is 0 Å². The van der Waals surface area contributed by atoms with E-state index < -0.39 is 77.8 Å². The Labute approximate surface area is 314 Å². The van der Waals surface area contributed by atoms with Crippen molar-refractivity contribution in [1.82, 2.24) is 37.2 Å². The average molecular weight is 755 g/mol. The fraction of sp³-hybridized carbons (Fsp3) is 0.595. The minimum absolute atomic E-state index is 0.0642. The summed E-state index contributed by atoms with van der Waals surface area (Å²) in [5.41, 5.74) is 5.88. The second-order valence-electron chi connectivity index (χ2n) is 13.7. The van der Waals surface area contributed by atoms with Crippen molar-refractivity contribution in [3.8, 4) is 0 Å². The molecule has 4 atom stereocenters. The molecular weight excluding hydrogens is 700 g/mol. The van der Waals surface area contributed by atoms with E-state index in [9.17, 15) is 43.2 Å². The molecule has 0 radical (unpaired) electrons. The number of nitrogens with one attached hydrogen (secondary N) is 7. The predicted molar refractivity (Wildman–Crippen MR) is 196 cm³/mol. The molecule has 17 nitrogen and oxygen atoms in total. The van der Waals surface area contributed by atoms with Crippen LogP contribution in [-0.4, -0.2) is 90.8 Å². The number of benzene rings is 1. The molecule has 8 amide bonds. The third-order valence-electron chi connectivity index (χ3n) is 9.42. The molecule has 2 fully saturated rings. The van der Waals surface area contributed by atoms with Crippen LogP contribution in [0.3, 0.4) is 0 Å². The monoisotopic (exact) mass is 754 g/mol. The van der Waals surface area contributed by atoms with Gasteiger partial charge in [-0.15, -0.1) is 0 Å². The maximum atomic E-state index is 13.8. The summed E-state index contributed by atoms with van der Waals surface area (Å²) in [4.78, 5) is 116. The standard InChI is InChI=1S/C37H54N8O9/c1-2-12-25(33(50)37(54)41-22-30(49)44-31(34(38)51)23-13-5-3-6-14-23)42-35(52)26-17-9-10-20-39-27(46)18-11-19-28(47)40-21-29(48)45-32(36(53)43-26)24-15-7-4-8-16-24/h3,5-6,13-14,24-26,31-32H,2,4,7-12,15-22H2,1H3,(H2,38,51)(H,39,46)(H,40,47)(H,41,54)(H,42,52)(H,43,53)(H,44,49)(H,45,48)/t25?,26-,31-,32-/m0/s1. The molecule has 0 spiro atoms. The number of primary amides is 1. The number of hydrogen-bond acceptors (Lipinski definition) is 9. The molecule has 1 aliphatic carbocycles. The van der Waals surface area contributed by atoms with Crippen LogP contribution in [-0.2, 0) is 43.2 Å². The Hall–Kier alpha value is -5.35. The summed E-state index contributed by atoms with van der Waals surface area (Å²) in [5, 5.41) is 18.0. The van der Waals surface area contributed by atoms with Crippen LogP contribution in [0.25, 0.3) is 0 Å². The highest BCUT2D eigenvalue weighted by molar-refractivity contribution is 6.38. The van der Waals surface area contributed by atoms with E-state index in [1.54, 1.807) is 37.3 Å². The van der Waals surface area contributed by atoms with Crippen molar-refractivity contribution in [2.24, 2.45) is 11.7 Å². The van der Waals surface area contributed by atoms with Gasteiger partial charge in [-0.1, -0.05) is 62.9 Å². The molecule has 296 valence electrons. The fourth-order valence-electron chi connectivity index (χ4n) is 6.50. The summed E-state index contributed by atoms with van der Waals surface area (Å²) in [7, 11) is 0. The highest BCUT2D eigenvalue weighted by atomic mass is 16.2. The fourth-order valence-corrected chi connectivity index (χ4v) is 6.50. The molecule has 9 N–H and O–H groups in total. The molecule has 0 bridgehead atoms. The molecule has 0 aromatic heterocycles. The van der Waals surface area contributed by atoms with Crippen LogP contribution in [0.1, 0.15) is 102 Å². The first-order valence-corrected chi connectivity index (χ1v) is 18.8. The van der Waals surface area contributed by atoms with E-state index in [2.05, 4.69) is 37.2 Å². The minimum atomic E-state index is -1.30. The van der Waals surface area contributed by atoms with E-state index in [-0.39, 0.29) is 44.1 Å². The van der Waals surface area contributed by atoms with Gasteiger partial charge < -0.3 is 43.0 Å². The Kier molecular flexibility index (Phi) is 18.1. The summed E-state index contributed by atoms with van der Waals surface area (Å²) in [6.45, 7) is 1.03. The van der Waals surface area contributed by atoms with Gasteiger partial charge in [0.05, 0.1) is 19.1 Å². The van der Waals surface area contributed by atoms with Crippen molar-refractivity contribution in [2.75, 3.05) is 19.6 Å². The number of Topliss-reactive ketones (excluding diaryl/α,β-unsaturated/α-hetero) is 1. The molecule has 54 heavy (non-hydrogen) atoms. The summed E-state index contributed by atoms with van der Waals surface area (Å²) in [6.07, 6.45) is 5.98. The average Bonchev–Trinajstić information content (AvgIpc) is 3.16. The van der Waals surface area contributed by atoms with E-state index in [1.165, 1.54) is 0 Å². The second kappa shape index (κ2) is 22.7. The molecule has 1 saturated heterocycles. The van der Waals surface area contributed by atoms with E-state index >= 15 is 0 Å². The quantitative estimate of drug-likeness (QED) is 0.127. The number of carbonyl (C=O) groups excluding carboxylic acids is 9. The predicted octanol–water partition coefficient (Wildman–Crippen LogP) is -0.564. The van der Waals surface area contributed by atoms with Gasteiger partial charge in [-0.3, -0.25) is 43.2 Å². The molecule has 1 saturated carbocycles. The molecule has 1 heterocycles. The van der Waals surface area contributed by atoms with Gasteiger partial charge in [-0.05, 0) is 56.4 Å². The van der Waals surface area contributed by atoms with Crippen LogP contribution in [0.5, 0.6) is 0 Å². The van der Waals surface area contributed by atoms with Crippen LogP contribution >= 0.6 is 0 Å². The SMILES string of the molecule is CCCC(NC(=O)[C@@H]1CCCCNC(=O)CCCC(=O)NCC(=O)N[C@@H](C2CCCCC2)C(=O)N1)C(=O)C(=O)NCC(=O)N[C@H](C(N)=O)c1ccccc1. The minimum Gasteiger partial charge on any atom is -0.368 e. The molecular formula is C37H54N8O9. The first kappa shape index (κ1) is 43.1. The number of amides is 8. The number of ketones is 1. The second-order valence-corrected chi connectivity index (χ2v) is 13.7. The van der Waals surface area contributed by atoms with Gasteiger partial charge in [0.25, 0.3) is 5.91 Å². The third kappa shape index (κ3) is 14.6. The smallest absolute Gasteiger partial charge is 0.290 e. The van der Waals surface area contributed by atoms with Crippen LogP contribution in [0, 0.1) is 5.92 Å². The normalized spacial score (nSPS) is 20.9. The number of carbonyl (C=O) groups is 9. The van der Waals surface area contributed by atoms with Crippen LogP contribution in [0.15, 0.2) is 30.3 Å². The highest BCUT2D eigenvalue weighted by Gasteiger charge is 2.35. The maximum Gasteiger partial charge on any atom is 0.290 e. The first-order valence-electron chi connectivity index (χ1n) is 18.8. The van der Waals surface area contributed by atoms with Gasteiger partial charge >= 0.3 is 0 Å².